The third-order valence-electron chi connectivity index (χ3n) is 2.69. The molecule has 0 saturated carbocycles. The summed E-state index contributed by atoms with van der Waals surface area (Å²) in [5.41, 5.74) is 12.1. The number of nitrogens with zero attached hydrogens (tertiary/aromatic N) is 2. The molecule has 5 N–H and O–H groups in total. The lowest BCUT2D eigenvalue weighted by atomic mass is 10.2. The number of ether oxygens (including phenoxy) is 1. The number of nitrogens with two attached hydrogens (primary N) is 2. The average molecular weight is 287 g/mol. The highest BCUT2D eigenvalue weighted by molar-refractivity contribution is 5.78. The van der Waals surface area contributed by atoms with Gasteiger partial charge in [-0.15, -0.1) is 0 Å². The van der Waals surface area contributed by atoms with Gasteiger partial charge in [-0.3, -0.25) is 9.98 Å². The first-order chi connectivity index (χ1) is 10.1. The number of guanidine groups is 1. The van der Waals surface area contributed by atoms with Crippen LogP contribution in [0, 0.1) is 0 Å². The summed E-state index contributed by atoms with van der Waals surface area (Å²) in [5.74, 6) is -0.00703. The molecule has 1 aromatic carbocycles. The summed E-state index contributed by atoms with van der Waals surface area (Å²) in [6.45, 7) is 0.785. The van der Waals surface area contributed by atoms with E-state index in [0.29, 0.717) is 13.1 Å². The Kier molecular flexibility index (Phi) is 4.92. The molecule has 0 unspecified atom stereocenters. The molecule has 0 aliphatic heterocycles. The number of hydrogen-bond donors (Lipinski definition) is 3. The fourth-order valence-electron chi connectivity index (χ4n) is 1.74. The summed E-state index contributed by atoms with van der Waals surface area (Å²) in [6.07, 6.45) is 1.17. The second kappa shape index (κ2) is 7.09. The third-order valence-corrected chi connectivity index (χ3v) is 2.69. The number of benzene rings is 1. The number of para-hydroxylation sites is 1. The lowest BCUT2D eigenvalue weighted by molar-refractivity contribution is 0.140. The topological polar surface area (TPSA) is 116 Å². The van der Waals surface area contributed by atoms with Crippen LogP contribution >= 0.6 is 0 Å². The van der Waals surface area contributed by atoms with E-state index in [1.807, 2.05) is 30.3 Å². The van der Waals surface area contributed by atoms with Crippen molar-refractivity contribution in [1.29, 1.82) is 0 Å². The zero-order valence-corrected chi connectivity index (χ0v) is 11.5. The highest BCUT2D eigenvalue weighted by atomic mass is 16.5. The molecular weight excluding hydrogens is 270 g/mol. The molecule has 0 atom stereocenters. The van der Waals surface area contributed by atoms with E-state index in [2.05, 4.69) is 15.3 Å². The van der Waals surface area contributed by atoms with Crippen LogP contribution in [0.4, 0.5) is 4.79 Å². The van der Waals surface area contributed by atoms with Gasteiger partial charge in [0.1, 0.15) is 6.61 Å². The fraction of sp³-hybridized carbons (Fsp3) is 0.214. The van der Waals surface area contributed by atoms with E-state index < -0.39 is 6.09 Å². The van der Waals surface area contributed by atoms with E-state index in [4.69, 9.17) is 16.2 Å². The monoisotopic (exact) mass is 287 g/mol. The molecule has 2 rings (SSSR count). The van der Waals surface area contributed by atoms with Gasteiger partial charge in [-0.2, -0.15) is 0 Å². The quantitative estimate of drug-likeness (QED) is 0.426. The number of nitrogens with one attached hydrogen (secondary N) is 1. The number of fused-ring (bicyclic) bond motifs is 1. The summed E-state index contributed by atoms with van der Waals surface area (Å²) in [4.78, 5) is 19.5. The minimum absolute atomic E-state index is 0.00703. The minimum Gasteiger partial charge on any atom is -0.445 e. The summed E-state index contributed by atoms with van der Waals surface area (Å²) in [7, 11) is 0. The van der Waals surface area contributed by atoms with Gasteiger partial charge in [0.05, 0.1) is 12.1 Å². The zero-order valence-electron chi connectivity index (χ0n) is 11.5. The number of carbonyl (C=O) groups excluding carboxylic acids is 1. The normalized spacial score (nSPS) is 10.1. The van der Waals surface area contributed by atoms with Gasteiger partial charge >= 0.3 is 6.09 Å². The molecule has 110 valence electrons. The number of rotatable bonds is 5. The minimum atomic E-state index is -0.519. The number of aliphatic imine (C=N–C) groups is 1. The van der Waals surface area contributed by atoms with Crippen molar-refractivity contribution in [3.05, 3.63) is 42.1 Å². The lowest BCUT2D eigenvalue weighted by Gasteiger charge is -2.06. The lowest BCUT2D eigenvalue weighted by Crippen LogP contribution is -2.29. The number of alkyl carbamates (subject to hydrolysis) is 1. The van der Waals surface area contributed by atoms with Gasteiger partial charge in [-0.1, -0.05) is 18.2 Å². The average Bonchev–Trinajstić information content (AvgIpc) is 2.49. The summed E-state index contributed by atoms with van der Waals surface area (Å²) >= 11 is 0. The molecule has 0 aliphatic carbocycles. The predicted molar refractivity (Wildman–Crippen MR) is 80.6 cm³/mol. The maximum atomic E-state index is 11.5. The molecular formula is C14H17N5O2. The first-order valence-corrected chi connectivity index (χ1v) is 6.45. The summed E-state index contributed by atoms with van der Waals surface area (Å²) in [5, 5.41) is 3.55. The largest absolute Gasteiger partial charge is 0.445 e. The van der Waals surface area contributed by atoms with Crippen LogP contribution in [0.2, 0.25) is 0 Å². The van der Waals surface area contributed by atoms with Crippen LogP contribution < -0.4 is 16.8 Å². The second-order valence-corrected chi connectivity index (χ2v) is 4.35. The van der Waals surface area contributed by atoms with Crippen molar-refractivity contribution in [2.24, 2.45) is 16.5 Å². The number of aromatic nitrogens is 1. The molecule has 0 saturated heterocycles. The molecule has 7 nitrogen and oxygen atoms in total. The Morgan fingerprint density at radius 2 is 2.14 bits per heavy atom. The Hall–Kier alpha value is -2.83. The van der Waals surface area contributed by atoms with E-state index in [-0.39, 0.29) is 12.6 Å². The van der Waals surface area contributed by atoms with Crippen molar-refractivity contribution in [2.75, 3.05) is 13.1 Å². The smallest absolute Gasteiger partial charge is 0.407 e. The van der Waals surface area contributed by atoms with Gasteiger partial charge in [0, 0.05) is 23.7 Å². The predicted octanol–water partition coefficient (Wildman–Crippen LogP) is 0.734. The Balaban J connectivity index is 1.81. The van der Waals surface area contributed by atoms with Crippen LogP contribution in [-0.2, 0) is 11.3 Å². The molecule has 0 fully saturated rings. The standard InChI is InChI=1S/C14H17N5O2/c15-13(16)17-5-6-18-14(20)21-9-10-7-11-3-1-2-4-12(11)19-8-10/h1-4,7-8H,5-6,9H2,(H,18,20)(H4,15,16,17). The van der Waals surface area contributed by atoms with E-state index in [0.717, 1.165) is 16.5 Å². The SMILES string of the molecule is NC(N)=NCCNC(=O)OCc1cnc2ccccc2c1. The second-order valence-electron chi connectivity index (χ2n) is 4.35. The van der Waals surface area contributed by atoms with Gasteiger partial charge in [0.15, 0.2) is 5.96 Å². The molecule has 7 heteroatoms. The number of pyridine rings is 1. The summed E-state index contributed by atoms with van der Waals surface area (Å²) < 4.78 is 5.08. The van der Waals surface area contributed by atoms with E-state index in [9.17, 15) is 4.79 Å². The van der Waals surface area contributed by atoms with Crippen molar-refractivity contribution in [3.63, 3.8) is 0 Å². The number of hydrogen-bond acceptors (Lipinski definition) is 4. The fourth-order valence-corrected chi connectivity index (χ4v) is 1.74. The van der Waals surface area contributed by atoms with Gasteiger partial charge in [-0.05, 0) is 12.1 Å². The van der Waals surface area contributed by atoms with Gasteiger partial charge in [-0.25, -0.2) is 4.79 Å². The van der Waals surface area contributed by atoms with Gasteiger partial charge in [0.25, 0.3) is 0 Å². The van der Waals surface area contributed by atoms with Crippen LogP contribution in [0.3, 0.4) is 0 Å². The van der Waals surface area contributed by atoms with Crippen LogP contribution in [0.15, 0.2) is 41.5 Å². The Morgan fingerprint density at radius 1 is 1.33 bits per heavy atom. The molecule has 21 heavy (non-hydrogen) atoms. The van der Waals surface area contributed by atoms with Crippen LogP contribution in [0.1, 0.15) is 5.56 Å². The van der Waals surface area contributed by atoms with Gasteiger partial charge < -0.3 is 21.5 Å². The number of amides is 1. The Labute approximate surface area is 122 Å². The van der Waals surface area contributed by atoms with Gasteiger partial charge in [0.2, 0.25) is 0 Å². The summed E-state index contributed by atoms with van der Waals surface area (Å²) in [6, 6.07) is 9.69. The van der Waals surface area contributed by atoms with Crippen molar-refractivity contribution in [2.45, 2.75) is 6.61 Å². The first-order valence-electron chi connectivity index (χ1n) is 6.45. The first kappa shape index (κ1) is 14.6. The molecule has 1 aromatic heterocycles. The number of carbonyl (C=O) groups is 1. The molecule has 0 aliphatic rings. The van der Waals surface area contributed by atoms with E-state index in [1.165, 1.54) is 0 Å². The highest BCUT2D eigenvalue weighted by Gasteiger charge is 2.03. The van der Waals surface area contributed by atoms with E-state index in [1.54, 1.807) is 6.20 Å². The molecule has 1 heterocycles. The van der Waals surface area contributed by atoms with Crippen molar-refractivity contribution >= 4 is 23.0 Å². The highest BCUT2D eigenvalue weighted by Crippen LogP contribution is 2.13. The Bertz CT molecular complexity index is 653. The van der Waals surface area contributed by atoms with Crippen LogP contribution in [0.25, 0.3) is 10.9 Å². The molecule has 0 radical (unpaired) electrons. The van der Waals surface area contributed by atoms with Crippen LogP contribution in [-0.4, -0.2) is 30.1 Å². The third kappa shape index (κ3) is 4.64. The molecule has 2 aromatic rings. The van der Waals surface area contributed by atoms with Crippen LogP contribution in [0.5, 0.6) is 0 Å². The van der Waals surface area contributed by atoms with E-state index >= 15 is 0 Å². The van der Waals surface area contributed by atoms with Crippen molar-refractivity contribution in [1.82, 2.24) is 10.3 Å². The molecule has 1 amide bonds. The molecule has 0 spiro atoms. The Morgan fingerprint density at radius 3 is 2.95 bits per heavy atom. The zero-order chi connectivity index (χ0) is 15.1. The van der Waals surface area contributed by atoms with Crippen molar-refractivity contribution in [3.8, 4) is 0 Å². The maximum absolute atomic E-state index is 11.5. The molecule has 0 bridgehead atoms. The van der Waals surface area contributed by atoms with Crippen molar-refractivity contribution < 1.29 is 9.53 Å². The maximum Gasteiger partial charge on any atom is 0.407 e.